The van der Waals surface area contributed by atoms with Crippen LogP contribution in [0.4, 0.5) is 5.69 Å². The summed E-state index contributed by atoms with van der Waals surface area (Å²) in [6, 6.07) is 0. The highest BCUT2D eigenvalue weighted by Crippen LogP contribution is 2.28. The molecular formula is C14H21N3O3S. The lowest BCUT2D eigenvalue weighted by atomic mass is 10.2. The first-order chi connectivity index (χ1) is 10.1. The van der Waals surface area contributed by atoms with Crippen LogP contribution in [-0.4, -0.2) is 56.6 Å². The van der Waals surface area contributed by atoms with Gasteiger partial charge in [0.15, 0.2) is 0 Å². The van der Waals surface area contributed by atoms with Gasteiger partial charge in [-0.1, -0.05) is 0 Å². The zero-order chi connectivity index (χ0) is 15.2. The van der Waals surface area contributed by atoms with Crippen molar-refractivity contribution >= 4 is 28.9 Å². The van der Waals surface area contributed by atoms with E-state index in [4.69, 9.17) is 4.74 Å². The largest absolute Gasteiger partial charge is 0.465 e. The van der Waals surface area contributed by atoms with Gasteiger partial charge < -0.3 is 15.4 Å². The highest BCUT2D eigenvalue weighted by atomic mass is 32.1. The summed E-state index contributed by atoms with van der Waals surface area (Å²) in [7, 11) is 1.34. The molecule has 0 aromatic carbocycles. The average Bonchev–Trinajstić information content (AvgIpc) is 2.68. The maximum atomic E-state index is 12.2. The Labute approximate surface area is 128 Å². The van der Waals surface area contributed by atoms with Gasteiger partial charge in [0, 0.05) is 13.1 Å². The van der Waals surface area contributed by atoms with Gasteiger partial charge >= 0.3 is 5.97 Å². The molecule has 0 unspecified atom stereocenters. The number of esters is 1. The van der Waals surface area contributed by atoms with E-state index in [2.05, 4.69) is 15.5 Å². The molecule has 1 aliphatic heterocycles. The van der Waals surface area contributed by atoms with Gasteiger partial charge in [-0.2, -0.15) is 0 Å². The minimum Gasteiger partial charge on any atom is -0.465 e. The van der Waals surface area contributed by atoms with E-state index in [1.54, 1.807) is 0 Å². The highest BCUT2D eigenvalue weighted by Gasteiger charge is 2.20. The molecule has 1 saturated heterocycles. The molecular weight excluding hydrogens is 290 g/mol. The smallest absolute Gasteiger partial charge is 0.350 e. The third-order valence-electron chi connectivity index (χ3n) is 3.41. The van der Waals surface area contributed by atoms with Crippen molar-refractivity contribution in [1.29, 1.82) is 0 Å². The van der Waals surface area contributed by atoms with Gasteiger partial charge in [-0.05, 0) is 37.4 Å². The van der Waals surface area contributed by atoms with E-state index in [0.717, 1.165) is 38.2 Å². The number of thiophene rings is 1. The van der Waals surface area contributed by atoms with Gasteiger partial charge in [0.05, 0.1) is 19.3 Å². The molecule has 7 heteroatoms. The molecule has 1 aromatic heterocycles. The maximum absolute atomic E-state index is 12.2. The number of nitrogens with zero attached hydrogens (tertiary/aromatic N) is 1. The Balaban J connectivity index is 1.99. The van der Waals surface area contributed by atoms with Gasteiger partial charge in [-0.25, -0.2) is 4.79 Å². The number of rotatable bonds is 4. The van der Waals surface area contributed by atoms with Crippen LogP contribution in [0.3, 0.4) is 0 Å². The van der Waals surface area contributed by atoms with E-state index in [1.165, 1.54) is 18.4 Å². The van der Waals surface area contributed by atoms with Crippen molar-refractivity contribution in [3.63, 3.8) is 0 Å². The summed E-state index contributed by atoms with van der Waals surface area (Å²) in [6.45, 7) is 5.88. The first-order valence-corrected chi connectivity index (χ1v) is 7.89. The molecule has 21 heavy (non-hydrogen) atoms. The summed E-state index contributed by atoms with van der Waals surface area (Å²) in [6.07, 6.45) is 1.04. The van der Waals surface area contributed by atoms with E-state index in [0.29, 0.717) is 17.1 Å². The molecule has 0 radical (unpaired) electrons. The number of hydrogen-bond acceptors (Lipinski definition) is 6. The monoisotopic (exact) mass is 311 g/mol. The number of amides is 1. The van der Waals surface area contributed by atoms with Crippen molar-refractivity contribution < 1.29 is 14.3 Å². The lowest BCUT2D eigenvalue weighted by Gasteiger charge is -2.18. The van der Waals surface area contributed by atoms with E-state index >= 15 is 0 Å². The minimum absolute atomic E-state index is 0.0939. The van der Waals surface area contributed by atoms with Crippen LogP contribution >= 0.6 is 11.3 Å². The van der Waals surface area contributed by atoms with Gasteiger partial charge in [0.25, 0.3) is 0 Å². The van der Waals surface area contributed by atoms with Crippen molar-refractivity contribution in [3.05, 3.63) is 15.8 Å². The lowest BCUT2D eigenvalue weighted by Crippen LogP contribution is -2.35. The maximum Gasteiger partial charge on any atom is 0.350 e. The van der Waals surface area contributed by atoms with E-state index in [9.17, 15) is 9.59 Å². The predicted molar refractivity (Wildman–Crippen MR) is 83.0 cm³/mol. The third kappa shape index (κ3) is 4.26. The second-order valence-corrected chi connectivity index (χ2v) is 5.92. The topological polar surface area (TPSA) is 70.7 Å². The molecule has 0 spiro atoms. The number of anilines is 1. The Hall–Kier alpha value is -1.44. The number of carbonyl (C=O) groups is 2. The number of carbonyl (C=O) groups excluding carboxylic acids is 2. The van der Waals surface area contributed by atoms with Gasteiger partial charge in [0.2, 0.25) is 5.91 Å². The second-order valence-electron chi connectivity index (χ2n) is 5.04. The third-order valence-corrected chi connectivity index (χ3v) is 4.49. The lowest BCUT2D eigenvalue weighted by molar-refractivity contribution is -0.117. The molecule has 1 fully saturated rings. The molecule has 2 N–H and O–H groups in total. The fourth-order valence-electron chi connectivity index (χ4n) is 2.28. The quantitative estimate of drug-likeness (QED) is 0.814. The van der Waals surface area contributed by atoms with E-state index in [-0.39, 0.29) is 5.91 Å². The van der Waals surface area contributed by atoms with Crippen molar-refractivity contribution in [2.24, 2.45) is 0 Å². The molecule has 0 atom stereocenters. The van der Waals surface area contributed by atoms with Crippen LogP contribution in [0, 0.1) is 6.92 Å². The Bertz CT molecular complexity index is 508. The summed E-state index contributed by atoms with van der Waals surface area (Å²) in [5, 5.41) is 8.00. The van der Waals surface area contributed by atoms with Gasteiger partial charge in [-0.3, -0.25) is 9.69 Å². The number of nitrogens with one attached hydrogen (secondary N) is 2. The number of hydrogen-bond donors (Lipinski definition) is 2. The van der Waals surface area contributed by atoms with Crippen molar-refractivity contribution in [2.45, 2.75) is 13.3 Å². The number of methoxy groups -OCH3 is 1. The van der Waals surface area contributed by atoms with Gasteiger partial charge in [-0.15, -0.1) is 11.3 Å². The molecule has 116 valence electrons. The molecule has 1 amide bonds. The number of aryl methyl sites for hydroxylation is 1. The predicted octanol–water partition coefficient (Wildman–Crippen LogP) is 1.08. The molecule has 2 rings (SSSR count). The summed E-state index contributed by atoms with van der Waals surface area (Å²) >= 11 is 1.29. The van der Waals surface area contributed by atoms with Crippen molar-refractivity contribution in [2.75, 3.05) is 45.2 Å². The van der Waals surface area contributed by atoms with Crippen molar-refractivity contribution in [3.8, 4) is 0 Å². The zero-order valence-electron chi connectivity index (χ0n) is 12.4. The van der Waals surface area contributed by atoms with Crippen LogP contribution in [0.2, 0.25) is 0 Å². The van der Waals surface area contributed by atoms with Crippen LogP contribution in [0.1, 0.15) is 21.7 Å². The van der Waals surface area contributed by atoms with E-state index in [1.807, 2.05) is 12.3 Å². The number of ether oxygens (including phenoxy) is 1. The summed E-state index contributed by atoms with van der Waals surface area (Å²) in [5.74, 6) is -0.508. The second kappa shape index (κ2) is 7.53. The van der Waals surface area contributed by atoms with Crippen LogP contribution in [0.25, 0.3) is 0 Å². The Morgan fingerprint density at radius 2 is 2.24 bits per heavy atom. The van der Waals surface area contributed by atoms with Gasteiger partial charge in [0.1, 0.15) is 4.88 Å². The van der Waals surface area contributed by atoms with Crippen LogP contribution in [-0.2, 0) is 9.53 Å². The standard InChI is InChI=1S/C14H21N3O3S/c1-10-9-21-13(14(19)20-2)12(10)16-11(18)8-17-6-3-4-15-5-7-17/h9,15H,3-8H2,1-2H3,(H,16,18). The molecule has 1 aromatic rings. The normalized spacial score (nSPS) is 16.3. The molecule has 0 aliphatic carbocycles. The fourth-order valence-corrected chi connectivity index (χ4v) is 3.21. The molecule has 2 heterocycles. The minimum atomic E-state index is -0.414. The summed E-state index contributed by atoms with van der Waals surface area (Å²) < 4.78 is 4.74. The molecule has 6 nitrogen and oxygen atoms in total. The Kier molecular flexibility index (Phi) is 5.72. The SMILES string of the molecule is COC(=O)c1scc(C)c1NC(=O)CN1CCCNCC1. The highest BCUT2D eigenvalue weighted by molar-refractivity contribution is 7.12. The first-order valence-electron chi connectivity index (χ1n) is 7.01. The summed E-state index contributed by atoms with van der Waals surface area (Å²) in [5.41, 5.74) is 1.45. The van der Waals surface area contributed by atoms with Crippen LogP contribution in [0.15, 0.2) is 5.38 Å². The molecule has 1 aliphatic rings. The van der Waals surface area contributed by atoms with Crippen LogP contribution < -0.4 is 10.6 Å². The Morgan fingerprint density at radius 3 is 3.00 bits per heavy atom. The molecule has 0 saturated carbocycles. The Morgan fingerprint density at radius 1 is 1.43 bits per heavy atom. The van der Waals surface area contributed by atoms with Crippen LogP contribution in [0.5, 0.6) is 0 Å². The summed E-state index contributed by atoms with van der Waals surface area (Å²) in [4.78, 5) is 26.4. The fraction of sp³-hybridized carbons (Fsp3) is 0.571. The van der Waals surface area contributed by atoms with Crippen molar-refractivity contribution in [1.82, 2.24) is 10.2 Å². The molecule has 0 bridgehead atoms. The van der Waals surface area contributed by atoms with E-state index < -0.39 is 5.97 Å². The first kappa shape index (κ1) is 15.9. The average molecular weight is 311 g/mol. The zero-order valence-corrected chi connectivity index (χ0v) is 13.2.